The van der Waals surface area contributed by atoms with Crippen LogP contribution in [0.4, 0.5) is 5.82 Å². The minimum atomic E-state index is 0.271. The second kappa shape index (κ2) is 4.82. The monoisotopic (exact) mass is 262 g/mol. The zero-order valence-corrected chi connectivity index (χ0v) is 11.2. The Morgan fingerprint density at radius 2 is 2.17 bits per heavy atom. The standard InChI is InChI=1S/C13H18N4S/c14-7-13(4-1-2-5-13)8-15-11-10-3-6-18-12(10)17-9-16-11/h3,6,9H,1-2,4-5,7-8,14H2,(H,15,16,17). The first-order chi connectivity index (χ1) is 8.83. The lowest BCUT2D eigenvalue weighted by Crippen LogP contribution is -2.34. The number of aromatic nitrogens is 2. The third-order valence-electron chi connectivity index (χ3n) is 3.99. The molecule has 0 atom stereocenters. The van der Waals surface area contributed by atoms with Gasteiger partial charge in [-0.15, -0.1) is 11.3 Å². The summed E-state index contributed by atoms with van der Waals surface area (Å²) in [4.78, 5) is 9.65. The van der Waals surface area contributed by atoms with Gasteiger partial charge in [0.15, 0.2) is 0 Å². The van der Waals surface area contributed by atoms with Crippen LogP contribution in [0.2, 0.25) is 0 Å². The van der Waals surface area contributed by atoms with E-state index in [1.54, 1.807) is 17.7 Å². The Bertz CT molecular complexity index is 531. The maximum Gasteiger partial charge on any atom is 0.138 e. The summed E-state index contributed by atoms with van der Waals surface area (Å²) >= 11 is 1.65. The van der Waals surface area contributed by atoms with E-state index in [0.29, 0.717) is 0 Å². The van der Waals surface area contributed by atoms with E-state index in [2.05, 4.69) is 26.7 Å². The molecule has 3 N–H and O–H groups in total. The largest absolute Gasteiger partial charge is 0.369 e. The van der Waals surface area contributed by atoms with E-state index in [1.165, 1.54) is 25.7 Å². The number of nitrogens with zero attached hydrogens (tertiary/aromatic N) is 2. The quantitative estimate of drug-likeness (QED) is 0.889. The average Bonchev–Trinajstić information content (AvgIpc) is 3.06. The molecule has 2 aromatic heterocycles. The van der Waals surface area contributed by atoms with Crippen molar-refractivity contribution in [1.29, 1.82) is 0 Å². The van der Waals surface area contributed by atoms with Crippen molar-refractivity contribution >= 4 is 27.4 Å². The van der Waals surface area contributed by atoms with Crippen molar-refractivity contribution in [2.24, 2.45) is 11.1 Å². The number of fused-ring (bicyclic) bond motifs is 1. The minimum Gasteiger partial charge on any atom is -0.369 e. The Morgan fingerprint density at radius 3 is 2.94 bits per heavy atom. The predicted molar refractivity (Wildman–Crippen MR) is 75.9 cm³/mol. The van der Waals surface area contributed by atoms with Gasteiger partial charge in [0.25, 0.3) is 0 Å². The van der Waals surface area contributed by atoms with E-state index in [1.807, 2.05) is 0 Å². The first kappa shape index (κ1) is 11.9. The molecule has 0 bridgehead atoms. The second-order valence-corrected chi connectivity index (χ2v) is 6.02. The molecule has 1 aliphatic rings. The predicted octanol–water partition coefficient (Wildman–Crippen LogP) is 2.62. The topological polar surface area (TPSA) is 63.8 Å². The van der Waals surface area contributed by atoms with Gasteiger partial charge in [-0.2, -0.15) is 0 Å². The molecule has 2 aromatic rings. The van der Waals surface area contributed by atoms with Crippen LogP contribution in [0.25, 0.3) is 10.2 Å². The summed E-state index contributed by atoms with van der Waals surface area (Å²) < 4.78 is 0. The fourth-order valence-corrected chi connectivity index (χ4v) is 3.51. The van der Waals surface area contributed by atoms with Crippen LogP contribution in [0.15, 0.2) is 17.8 Å². The molecule has 1 fully saturated rings. The molecule has 0 amide bonds. The smallest absolute Gasteiger partial charge is 0.138 e. The first-order valence-corrected chi connectivity index (χ1v) is 7.33. The number of hydrogen-bond acceptors (Lipinski definition) is 5. The van der Waals surface area contributed by atoms with Crippen LogP contribution in [0.5, 0.6) is 0 Å². The van der Waals surface area contributed by atoms with E-state index in [0.717, 1.165) is 29.1 Å². The van der Waals surface area contributed by atoms with E-state index >= 15 is 0 Å². The van der Waals surface area contributed by atoms with Crippen LogP contribution < -0.4 is 11.1 Å². The van der Waals surface area contributed by atoms with E-state index < -0.39 is 0 Å². The van der Waals surface area contributed by atoms with Crippen molar-refractivity contribution in [1.82, 2.24) is 9.97 Å². The maximum absolute atomic E-state index is 5.95. The van der Waals surface area contributed by atoms with Gasteiger partial charge < -0.3 is 11.1 Å². The molecule has 4 nitrogen and oxygen atoms in total. The molecule has 96 valence electrons. The lowest BCUT2D eigenvalue weighted by Gasteiger charge is -2.27. The molecule has 0 spiro atoms. The summed E-state index contributed by atoms with van der Waals surface area (Å²) in [5, 5.41) is 6.66. The molecule has 0 saturated heterocycles. The maximum atomic E-state index is 5.95. The number of nitrogens with one attached hydrogen (secondary N) is 1. The van der Waals surface area contributed by atoms with E-state index in [4.69, 9.17) is 5.73 Å². The van der Waals surface area contributed by atoms with Gasteiger partial charge >= 0.3 is 0 Å². The summed E-state index contributed by atoms with van der Waals surface area (Å²) in [5.74, 6) is 0.945. The molecule has 2 heterocycles. The lowest BCUT2D eigenvalue weighted by atomic mass is 9.86. The van der Waals surface area contributed by atoms with Gasteiger partial charge in [-0.05, 0) is 36.2 Å². The van der Waals surface area contributed by atoms with E-state index in [-0.39, 0.29) is 5.41 Å². The highest BCUT2D eigenvalue weighted by molar-refractivity contribution is 7.16. The van der Waals surface area contributed by atoms with Gasteiger partial charge in [-0.25, -0.2) is 9.97 Å². The molecule has 0 unspecified atom stereocenters. The Morgan fingerprint density at radius 1 is 1.33 bits per heavy atom. The van der Waals surface area contributed by atoms with Crippen LogP contribution in [-0.4, -0.2) is 23.1 Å². The Hall–Kier alpha value is -1.20. The highest BCUT2D eigenvalue weighted by Crippen LogP contribution is 2.37. The van der Waals surface area contributed by atoms with Crippen molar-refractivity contribution < 1.29 is 0 Å². The van der Waals surface area contributed by atoms with Crippen LogP contribution in [0.1, 0.15) is 25.7 Å². The van der Waals surface area contributed by atoms with Gasteiger partial charge in [0.1, 0.15) is 17.0 Å². The molecule has 0 aromatic carbocycles. The summed E-state index contributed by atoms with van der Waals surface area (Å²) in [6.07, 6.45) is 6.70. The van der Waals surface area contributed by atoms with Crippen LogP contribution >= 0.6 is 11.3 Å². The Balaban J connectivity index is 1.78. The second-order valence-electron chi connectivity index (χ2n) is 5.13. The zero-order valence-electron chi connectivity index (χ0n) is 10.4. The zero-order chi connectivity index (χ0) is 12.4. The Kier molecular flexibility index (Phi) is 3.18. The van der Waals surface area contributed by atoms with Gasteiger partial charge in [0, 0.05) is 6.54 Å². The highest BCUT2D eigenvalue weighted by atomic mass is 32.1. The van der Waals surface area contributed by atoms with Crippen LogP contribution in [0.3, 0.4) is 0 Å². The third kappa shape index (κ3) is 2.08. The SMILES string of the molecule is NCC1(CNc2ncnc3sccc23)CCCC1. The number of rotatable bonds is 4. The van der Waals surface area contributed by atoms with Gasteiger partial charge in [-0.3, -0.25) is 0 Å². The molecule has 3 rings (SSSR count). The molecule has 0 aliphatic heterocycles. The normalized spacial score (nSPS) is 18.3. The average molecular weight is 262 g/mol. The van der Waals surface area contributed by atoms with Crippen molar-refractivity contribution in [2.45, 2.75) is 25.7 Å². The summed E-state index contributed by atoms with van der Waals surface area (Å²) in [7, 11) is 0. The molecular formula is C13H18N4S. The summed E-state index contributed by atoms with van der Waals surface area (Å²) in [5.41, 5.74) is 6.23. The molecular weight excluding hydrogens is 244 g/mol. The van der Waals surface area contributed by atoms with Gasteiger partial charge in [0.2, 0.25) is 0 Å². The van der Waals surface area contributed by atoms with Crippen molar-refractivity contribution in [3.63, 3.8) is 0 Å². The molecule has 5 heteroatoms. The molecule has 1 aliphatic carbocycles. The Labute approximate surface area is 111 Å². The molecule has 18 heavy (non-hydrogen) atoms. The minimum absolute atomic E-state index is 0.271. The lowest BCUT2D eigenvalue weighted by molar-refractivity contribution is 0.332. The van der Waals surface area contributed by atoms with E-state index in [9.17, 15) is 0 Å². The van der Waals surface area contributed by atoms with Crippen LogP contribution in [-0.2, 0) is 0 Å². The number of nitrogens with two attached hydrogens (primary N) is 1. The van der Waals surface area contributed by atoms with Crippen molar-refractivity contribution in [3.05, 3.63) is 17.8 Å². The molecule has 0 radical (unpaired) electrons. The summed E-state index contributed by atoms with van der Waals surface area (Å²) in [6, 6.07) is 2.08. The van der Waals surface area contributed by atoms with Crippen molar-refractivity contribution in [3.8, 4) is 0 Å². The van der Waals surface area contributed by atoms with Gasteiger partial charge in [0.05, 0.1) is 5.39 Å². The number of anilines is 1. The molecule has 1 saturated carbocycles. The first-order valence-electron chi connectivity index (χ1n) is 6.45. The highest BCUT2D eigenvalue weighted by Gasteiger charge is 2.32. The van der Waals surface area contributed by atoms with Crippen LogP contribution in [0, 0.1) is 5.41 Å². The number of thiophene rings is 1. The fourth-order valence-electron chi connectivity index (χ4n) is 2.78. The van der Waals surface area contributed by atoms with Gasteiger partial charge in [-0.1, -0.05) is 12.8 Å². The van der Waals surface area contributed by atoms with Crippen molar-refractivity contribution in [2.75, 3.05) is 18.4 Å². The summed E-state index contributed by atoms with van der Waals surface area (Å²) in [6.45, 7) is 1.68. The third-order valence-corrected chi connectivity index (χ3v) is 4.81. The number of hydrogen-bond donors (Lipinski definition) is 2. The fraction of sp³-hybridized carbons (Fsp3) is 0.538.